The standard InChI is InChI=1S/C57H77N21O3/c1-13-16-31-62-49(79)34-25-19-22-28-37(34)69-72-40(43(58)55(4,5)6)46(59)65-52-66-53(77-47(60)41(44(75-77)56(7,8)9)73-70-38-29-23-20-26-35(38)50(80)63-32-17-14-2)68-54(67-52)78-48(61)42(45(76-78)57(10,11)12)74-71-39-30-24-21-27-36(39)51(81)64-33-18-15-3/h19-30,58H,13-18,31-33,59-61H2,1-12H3,(H,62,79)(H,63,80)(H,64,81)(H,65,66,67,68)/b46-40+,58-43?,72-69+,73-70+,74-71+. The molecule has 0 atom stereocenters. The molecule has 0 saturated heterocycles. The average Bonchev–Trinajstić information content (AvgIpc) is 4.13. The second-order valence-electron chi connectivity index (χ2n) is 22.2. The van der Waals surface area contributed by atoms with Gasteiger partial charge in [-0.15, -0.1) is 30.7 Å². The summed E-state index contributed by atoms with van der Waals surface area (Å²) in [4.78, 5) is 54.3. The van der Waals surface area contributed by atoms with Crippen LogP contribution in [-0.2, 0) is 10.8 Å². The molecule has 428 valence electrons. The lowest BCUT2D eigenvalue weighted by Gasteiger charge is -2.21. The summed E-state index contributed by atoms with van der Waals surface area (Å²) in [5, 5.41) is 58.3. The summed E-state index contributed by atoms with van der Waals surface area (Å²) in [6.45, 7) is 24.6. The summed E-state index contributed by atoms with van der Waals surface area (Å²) in [5.41, 5.74) is 21.6. The minimum Gasteiger partial charge on any atom is -0.383 e. The summed E-state index contributed by atoms with van der Waals surface area (Å²) >= 11 is 0. The van der Waals surface area contributed by atoms with E-state index in [1.807, 2.05) is 83.1 Å². The zero-order valence-electron chi connectivity index (χ0n) is 48.6. The Bertz CT molecular complexity index is 3210. The number of nitrogens with two attached hydrogens (primary N) is 3. The molecule has 3 heterocycles. The van der Waals surface area contributed by atoms with Crippen LogP contribution in [0.25, 0.3) is 11.9 Å². The van der Waals surface area contributed by atoms with E-state index < -0.39 is 16.2 Å². The van der Waals surface area contributed by atoms with Gasteiger partial charge in [-0.3, -0.25) is 14.4 Å². The van der Waals surface area contributed by atoms with Crippen LogP contribution in [0, 0.1) is 10.8 Å². The van der Waals surface area contributed by atoms with Crippen molar-refractivity contribution in [2.75, 3.05) is 36.4 Å². The molecule has 24 nitrogen and oxygen atoms in total. The number of carbonyl (C=O) groups excluding carboxylic acids is 3. The van der Waals surface area contributed by atoms with Gasteiger partial charge < -0.3 is 43.9 Å². The fraction of sp³-hybridized carbons (Fsp3) is 0.421. The van der Waals surface area contributed by atoms with Crippen molar-refractivity contribution < 1.29 is 14.4 Å². The van der Waals surface area contributed by atoms with Crippen LogP contribution in [0.3, 0.4) is 0 Å². The molecular formula is C57H77N21O3. The van der Waals surface area contributed by atoms with Gasteiger partial charge in [0.05, 0.1) is 50.9 Å². The van der Waals surface area contributed by atoms with Crippen LogP contribution >= 0.6 is 0 Å². The van der Waals surface area contributed by atoms with E-state index in [1.165, 1.54) is 9.36 Å². The van der Waals surface area contributed by atoms with Crippen molar-refractivity contribution in [3.8, 4) is 11.9 Å². The molecule has 0 radical (unpaired) electrons. The number of amides is 3. The van der Waals surface area contributed by atoms with Crippen LogP contribution in [0.5, 0.6) is 0 Å². The number of rotatable bonds is 23. The number of hydrogen-bond acceptors (Lipinski definition) is 19. The van der Waals surface area contributed by atoms with Gasteiger partial charge in [0.2, 0.25) is 5.95 Å². The zero-order chi connectivity index (χ0) is 59.2. The maximum atomic E-state index is 13.3. The molecular weight excluding hydrogens is 1030 g/mol. The number of allylic oxidation sites excluding steroid dienone is 1. The smallest absolute Gasteiger partial charge is 0.259 e. The molecule has 3 amide bonds. The Morgan fingerprint density at radius 2 is 0.901 bits per heavy atom. The molecule has 6 aromatic rings. The molecule has 0 bridgehead atoms. The lowest BCUT2D eigenvalue weighted by atomic mass is 9.88. The minimum atomic E-state index is -0.818. The highest BCUT2D eigenvalue weighted by atomic mass is 16.2. The first-order valence-corrected chi connectivity index (χ1v) is 27.2. The third-order valence-corrected chi connectivity index (χ3v) is 12.4. The molecule has 3 aromatic heterocycles. The van der Waals surface area contributed by atoms with Crippen LogP contribution in [0.15, 0.2) is 115 Å². The van der Waals surface area contributed by atoms with E-state index in [9.17, 15) is 19.8 Å². The summed E-state index contributed by atoms with van der Waals surface area (Å²) in [5.74, 6) is -1.70. The topological polar surface area (TPSA) is 350 Å². The van der Waals surface area contributed by atoms with E-state index in [0.29, 0.717) is 53.5 Å². The highest BCUT2D eigenvalue weighted by Gasteiger charge is 2.32. The molecule has 24 heteroatoms. The van der Waals surface area contributed by atoms with Gasteiger partial charge in [0.1, 0.15) is 11.5 Å². The van der Waals surface area contributed by atoms with Gasteiger partial charge in [-0.2, -0.15) is 34.5 Å². The number of carbonyl (C=O) groups is 3. The first kappa shape index (κ1) is 61.1. The maximum Gasteiger partial charge on any atom is 0.259 e. The third-order valence-electron chi connectivity index (χ3n) is 12.4. The van der Waals surface area contributed by atoms with Crippen molar-refractivity contribution in [2.24, 2.45) is 41.8 Å². The van der Waals surface area contributed by atoms with E-state index in [1.54, 1.807) is 72.8 Å². The first-order chi connectivity index (χ1) is 38.4. The number of unbranched alkanes of at least 4 members (excludes halogenated alkanes) is 3. The number of hydrogen-bond donors (Lipinski definition) is 8. The van der Waals surface area contributed by atoms with Gasteiger partial charge in [-0.1, -0.05) is 139 Å². The van der Waals surface area contributed by atoms with Crippen LogP contribution in [0.2, 0.25) is 0 Å². The lowest BCUT2D eigenvalue weighted by molar-refractivity contribution is 0.0945. The largest absolute Gasteiger partial charge is 0.383 e. The van der Waals surface area contributed by atoms with Gasteiger partial charge in [0.25, 0.3) is 29.6 Å². The predicted octanol–water partition coefficient (Wildman–Crippen LogP) is 11.8. The maximum absolute atomic E-state index is 13.3. The zero-order valence-corrected chi connectivity index (χ0v) is 48.6. The van der Waals surface area contributed by atoms with Crippen molar-refractivity contribution in [1.29, 1.82) is 5.41 Å². The van der Waals surface area contributed by atoms with Gasteiger partial charge in [0, 0.05) is 35.9 Å². The number of nitrogens with zero attached hydrogens (tertiary/aromatic N) is 13. The monoisotopic (exact) mass is 1100 g/mol. The van der Waals surface area contributed by atoms with Crippen LogP contribution in [0.1, 0.15) is 164 Å². The third kappa shape index (κ3) is 15.4. The molecule has 0 spiro atoms. The van der Waals surface area contributed by atoms with Crippen LogP contribution < -0.4 is 38.5 Å². The number of anilines is 3. The normalized spacial score (nSPS) is 12.5. The Morgan fingerprint density at radius 1 is 0.543 bits per heavy atom. The summed E-state index contributed by atoms with van der Waals surface area (Å²) < 4.78 is 2.53. The van der Waals surface area contributed by atoms with Crippen LogP contribution in [0.4, 0.5) is 46.0 Å². The summed E-state index contributed by atoms with van der Waals surface area (Å²) in [6, 6.07) is 20.4. The average molecular weight is 1100 g/mol. The van der Waals surface area contributed by atoms with Crippen molar-refractivity contribution in [2.45, 2.75) is 132 Å². The molecule has 0 aliphatic carbocycles. The summed E-state index contributed by atoms with van der Waals surface area (Å²) in [6.07, 6.45) is 5.15. The van der Waals surface area contributed by atoms with Crippen LogP contribution in [-0.4, -0.2) is 77.6 Å². The van der Waals surface area contributed by atoms with E-state index in [-0.39, 0.29) is 87.1 Å². The number of aromatic nitrogens is 7. The Morgan fingerprint density at radius 3 is 1.25 bits per heavy atom. The highest BCUT2D eigenvalue weighted by Crippen LogP contribution is 2.40. The Kier molecular flexibility index (Phi) is 20.2. The van der Waals surface area contributed by atoms with Crippen molar-refractivity contribution in [3.63, 3.8) is 0 Å². The lowest BCUT2D eigenvalue weighted by Crippen LogP contribution is -2.26. The second kappa shape index (κ2) is 26.7. The Labute approximate surface area is 473 Å². The van der Waals surface area contributed by atoms with Crippen molar-refractivity contribution in [1.82, 2.24) is 50.5 Å². The molecule has 0 unspecified atom stereocenters. The molecule has 0 aliphatic rings. The molecule has 3 aromatic carbocycles. The Hall–Kier alpha value is -9.09. The molecule has 11 N–H and O–H groups in total. The van der Waals surface area contributed by atoms with Gasteiger partial charge in [0.15, 0.2) is 23.0 Å². The molecule has 0 fully saturated rings. The molecule has 0 aliphatic heterocycles. The summed E-state index contributed by atoms with van der Waals surface area (Å²) in [7, 11) is 0. The van der Waals surface area contributed by atoms with Crippen molar-refractivity contribution in [3.05, 3.63) is 112 Å². The van der Waals surface area contributed by atoms with Gasteiger partial charge >= 0.3 is 0 Å². The fourth-order valence-corrected chi connectivity index (χ4v) is 7.72. The number of benzene rings is 3. The van der Waals surface area contributed by atoms with E-state index in [2.05, 4.69) is 52.0 Å². The van der Waals surface area contributed by atoms with E-state index in [0.717, 1.165) is 38.5 Å². The van der Waals surface area contributed by atoms with Crippen molar-refractivity contribution >= 4 is 69.5 Å². The SMILES string of the molecule is CCCCNC(=O)c1ccccc1/N=N/C(C(=N)C(C)(C)C)=C(\N)Nc1nc(-n2nc(C(C)(C)C)c(/N=N/c3ccccc3C(=O)NCCCC)c2N)nc(-n2nc(C(C)(C)C)c(/N=N/c3ccccc3C(=O)NCCCC)c2N)n1. The van der Waals surface area contributed by atoms with Gasteiger partial charge in [-0.05, 0) is 55.7 Å². The molecule has 81 heavy (non-hydrogen) atoms. The second-order valence-corrected chi connectivity index (χ2v) is 22.2. The molecule has 6 rings (SSSR count). The quantitative estimate of drug-likeness (QED) is 0.0169. The predicted molar refractivity (Wildman–Crippen MR) is 316 cm³/mol. The number of azo groups is 3. The fourth-order valence-electron chi connectivity index (χ4n) is 7.72. The number of nitrogen functional groups attached to an aromatic ring is 2. The van der Waals surface area contributed by atoms with Gasteiger partial charge in [-0.25, -0.2) is 0 Å². The Balaban J connectivity index is 1.57. The highest BCUT2D eigenvalue weighted by molar-refractivity contribution is 6.02. The molecule has 0 saturated carbocycles. The minimum absolute atomic E-state index is 0.0158. The van der Waals surface area contributed by atoms with E-state index in [4.69, 9.17) is 42.4 Å². The number of nitrogens with one attached hydrogen (secondary N) is 5. The van der Waals surface area contributed by atoms with E-state index >= 15 is 0 Å². The first-order valence-electron chi connectivity index (χ1n) is 27.2.